The van der Waals surface area contributed by atoms with Crippen molar-refractivity contribution in [2.75, 3.05) is 20.3 Å². The summed E-state index contributed by atoms with van der Waals surface area (Å²) in [5, 5.41) is 5.38. The van der Waals surface area contributed by atoms with E-state index in [0.29, 0.717) is 12.2 Å². The molecule has 0 aliphatic carbocycles. The minimum Gasteiger partial charge on any atom is -0.496 e. The van der Waals surface area contributed by atoms with Crippen LogP contribution in [0.5, 0.6) is 5.75 Å². The number of amides is 2. The third-order valence-electron chi connectivity index (χ3n) is 3.48. The number of carbonyl (C=O) groups excluding carboxylic acids is 1. The first-order valence-electron chi connectivity index (χ1n) is 7.51. The number of rotatable bonds is 7. The standard InChI is InChI=1S/C18H21FN2O2/c1-23-17-10-6-5-9-15(17)16(21-18(22)20-12-11-19)13-14-7-3-2-4-8-14/h2-10,16H,11-13H2,1H3,(H2,20,21,22). The molecule has 0 spiro atoms. The Morgan fingerprint density at radius 1 is 1.13 bits per heavy atom. The van der Waals surface area contributed by atoms with E-state index in [1.54, 1.807) is 7.11 Å². The molecule has 0 aliphatic rings. The zero-order chi connectivity index (χ0) is 16.5. The fourth-order valence-electron chi connectivity index (χ4n) is 2.41. The van der Waals surface area contributed by atoms with Gasteiger partial charge in [0.25, 0.3) is 0 Å². The molecule has 2 amide bonds. The Kier molecular flexibility index (Phi) is 6.41. The van der Waals surface area contributed by atoms with E-state index in [1.165, 1.54) is 0 Å². The quantitative estimate of drug-likeness (QED) is 0.824. The van der Waals surface area contributed by atoms with Gasteiger partial charge in [0.05, 0.1) is 13.2 Å². The highest BCUT2D eigenvalue weighted by Gasteiger charge is 2.18. The van der Waals surface area contributed by atoms with Gasteiger partial charge in [-0.2, -0.15) is 0 Å². The first-order valence-corrected chi connectivity index (χ1v) is 7.51. The molecule has 2 rings (SSSR count). The Balaban J connectivity index is 2.21. The van der Waals surface area contributed by atoms with Crippen LogP contribution in [0.15, 0.2) is 54.6 Å². The number of benzene rings is 2. The van der Waals surface area contributed by atoms with Crippen LogP contribution in [0.25, 0.3) is 0 Å². The number of carbonyl (C=O) groups is 1. The van der Waals surface area contributed by atoms with Crippen molar-refractivity contribution in [2.45, 2.75) is 12.5 Å². The molecule has 23 heavy (non-hydrogen) atoms. The lowest BCUT2D eigenvalue weighted by molar-refractivity contribution is 0.235. The van der Waals surface area contributed by atoms with Crippen LogP contribution in [0, 0.1) is 0 Å². The van der Waals surface area contributed by atoms with Gasteiger partial charge in [0, 0.05) is 12.1 Å². The van der Waals surface area contributed by atoms with Crippen LogP contribution in [-0.4, -0.2) is 26.4 Å². The molecule has 1 unspecified atom stereocenters. The Labute approximate surface area is 135 Å². The Morgan fingerprint density at radius 3 is 2.52 bits per heavy atom. The van der Waals surface area contributed by atoms with Crippen molar-refractivity contribution >= 4 is 6.03 Å². The van der Waals surface area contributed by atoms with E-state index in [9.17, 15) is 9.18 Å². The molecule has 2 aromatic carbocycles. The second-order valence-electron chi connectivity index (χ2n) is 5.07. The fourth-order valence-corrected chi connectivity index (χ4v) is 2.41. The molecule has 0 bridgehead atoms. The van der Waals surface area contributed by atoms with Gasteiger partial charge in [-0.1, -0.05) is 48.5 Å². The maximum Gasteiger partial charge on any atom is 0.315 e. The highest BCUT2D eigenvalue weighted by Crippen LogP contribution is 2.27. The van der Waals surface area contributed by atoms with Crippen molar-refractivity contribution in [3.05, 3.63) is 65.7 Å². The summed E-state index contributed by atoms with van der Waals surface area (Å²) in [5.41, 5.74) is 1.98. The summed E-state index contributed by atoms with van der Waals surface area (Å²) in [6, 6.07) is 16.8. The smallest absolute Gasteiger partial charge is 0.315 e. The van der Waals surface area contributed by atoms with Crippen LogP contribution in [0.2, 0.25) is 0 Å². The van der Waals surface area contributed by atoms with Crippen molar-refractivity contribution in [1.29, 1.82) is 0 Å². The van der Waals surface area contributed by atoms with Crippen LogP contribution >= 0.6 is 0 Å². The third-order valence-corrected chi connectivity index (χ3v) is 3.48. The molecule has 0 aromatic heterocycles. The van der Waals surface area contributed by atoms with Gasteiger partial charge in [0.2, 0.25) is 0 Å². The summed E-state index contributed by atoms with van der Waals surface area (Å²) in [7, 11) is 1.60. The van der Waals surface area contributed by atoms with E-state index in [-0.39, 0.29) is 12.6 Å². The van der Waals surface area contributed by atoms with E-state index in [1.807, 2.05) is 54.6 Å². The molecule has 122 valence electrons. The number of ether oxygens (including phenoxy) is 1. The molecule has 0 saturated heterocycles. The Bertz CT molecular complexity index is 619. The zero-order valence-electron chi connectivity index (χ0n) is 13.1. The van der Waals surface area contributed by atoms with Crippen molar-refractivity contribution in [3.63, 3.8) is 0 Å². The maximum atomic E-state index is 12.2. The zero-order valence-corrected chi connectivity index (χ0v) is 13.1. The fraction of sp³-hybridized carbons (Fsp3) is 0.278. The number of methoxy groups -OCH3 is 1. The van der Waals surface area contributed by atoms with Crippen molar-refractivity contribution in [3.8, 4) is 5.75 Å². The lowest BCUT2D eigenvalue weighted by atomic mass is 9.98. The summed E-state index contributed by atoms with van der Waals surface area (Å²) in [4.78, 5) is 11.9. The highest BCUT2D eigenvalue weighted by molar-refractivity contribution is 5.74. The molecule has 0 heterocycles. The second-order valence-corrected chi connectivity index (χ2v) is 5.07. The molecule has 0 fully saturated rings. The third kappa shape index (κ3) is 4.98. The predicted octanol–water partition coefficient (Wildman–Crippen LogP) is 3.25. The summed E-state index contributed by atoms with van der Waals surface area (Å²) in [6.07, 6.45) is 0.615. The van der Waals surface area contributed by atoms with Gasteiger partial charge in [0.15, 0.2) is 0 Å². The number of halogens is 1. The number of alkyl halides is 1. The Hall–Kier alpha value is -2.56. The number of hydrogen-bond acceptors (Lipinski definition) is 2. The molecular weight excluding hydrogens is 295 g/mol. The lowest BCUT2D eigenvalue weighted by Crippen LogP contribution is -2.39. The van der Waals surface area contributed by atoms with Crippen LogP contribution in [0.3, 0.4) is 0 Å². The summed E-state index contributed by atoms with van der Waals surface area (Å²) in [6.45, 7) is -0.596. The maximum absolute atomic E-state index is 12.2. The second kappa shape index (κ2) is 8.78. The van der Waals surface area contributed by atoms with E-state index in [4.69, 9.17) is 4.74 Å². The van der Waals surface area contributed by atoms with Gasteiger partial charge in [-0.25, -0.2) is 9.18 Å². The Morgan fingerprint density at radius 2 is 1.83 bits per heavy atom. The van der Waals surface area contributed by atoms with E-state index in [0.717, 1.165) is 11.1 Å². The van der Waals surface area contributed by atoms with Crippen LogP contribution < -0.4 is 15.4 Å². The van der Waals surface area contributed by atoms with Crippen LogP contribution in [-0.2, 0) is 6.42 Å². The first-order chi connectivity index (χ1) is 11.2. The van der Waals surface area contributed by atoms with E-state index < -0.39 is 12.7 Å². The van der Waals surface area contributed by atoms with E-state index in [2.05, 4.69) is 10.6 Å². The SMILES string of the molecule is COc1ccccc1C(Cc1ccccc1)NC(=O)NCCF. The van der Waals surface area contributed by atoms with Crippen molar-refractivity contribution < 1.29 is 13.9 Å². The molecule has 1 atom stereocenters. The van der Waals surface area contributed by atoms with Gasteiger partial charge < -0.3 is 15.4 Å². The average Bonchev–Trinajstić information content (AvgIpc) is 2.60. The predicted molar refractivity (Wildman–Crippen MR) is 88.4 cm³/mol. The van der Waals surface area contributed by atoms with Crippen molar-refractivity contribution in [2.24, 2.45) is 0 Å². The number of nitrogens with one attached hydrogen (secondary N) is 2. The summed E-state index contributed by atoms with van der Waals surface area (Å²) < 4.78 is 17.6. The lowest BCUT2D eigenvalue weighted by Gasteiger charge is -2.21. The normalized spacial score (nSPS) is 11.6. The number of hydrogen-bond donors (Lipinski definition) is 2. The van der Waals surface area contributed by atoms with Gasteiger partial charge in [-0.05, 0) is 18.1 Å². The highest BCUT2D eigenvalue weighted by atomic mass is 19.1. The molecule has 5 heteroatoms. The van der Waals surface area contributed by atoms with Crippen LogP contribution in [0.1, 0.15) is 17.2 Å². The molecule has 4 nitrogen and oxygen atoms in total. The largest absolute Gasteiger partial charge is 0.496 e. The molecule has 0 saturated carbocycles. The van der Waals surface area contributed by atoms with Crippen molar-refractivity contribution in [1.82, 2.24) is 10.6 Å². The summed E-state index contributed by atoms with van der Waals surface area (Å²) >= 11 is 0. The molecule has 2 N–H and O–H groups in total. The number of para-hydroxylation sites is 1. The molecule has 2 aromatic rings. The topological polar surface area (TPSA) is 50.4 Å². The number of urea groups is 1. The van der Waals surface area contributed by atoms with Gasteiger partial charge in [-0.15, -0.1) is 0 Å². The van der Waals surface area contributed by atoms with Gasteiger partial charge >= 0.3 is 6.03 Å². The molecular formula is C18H21FN2O2. The minimum absolute atomic E-state index is 0.00415. The minimum atomic E-state index is -0.592. The van der Waals surface area contributed by atoms with Gasteiger partial charge in [-0.3, -0.25) is 0 Å². The molecule has 0 radical (unpaired) electrons. The first kappa shape index (κ1) is 16.8. The van der Waals surface area contributed by atoms with Gasteiger partial charge in [0.1, 0.15) is 12.4 Å². The molecule has 0 aliphatic heterocycles. The van der Waals surface area contributed by atoms with E-state index >= 15 is 0 Å². The monoisotopic (exact) mass is 316 g/mol. The van der Waals surface area contributed by atoms with Crippen LogP contribution in [0.4, 0.5) is 9.18 Å². The summed E-state index contributed by atoms with van der Waals surface area (Å²) in [5.74, 6) is 0.708. The average molecular weight is 316 g/mol.